The van der Waals surface area contributed by atoms with Gasteiger partial charge in [-0.1, -0.05) is 19.1 Å². The maximum atomic E-state index is 13.3. The fourth-order valence-corrected chi connectivity index (χ4v) is 5.74. The van der Waals surface area contributed by atoms with Gasteiger partial charge >= 0.3 is 0 Å². The van der Waals surface area contributed by atoms with E-state index in [1.54, 1.807) is 21.6 Å². The number of benzene rings is 1. The number of rotatable bonds is 7. The van der Waals surface area contributed by atoms with Crippen LogP contribution in [0.15, 0.2) is 54.0 Å². The molecule has 1 aromatic carbocycles. The zero-order valence-electron chi connectivity index (χ0n) is 22.4. The van der Waals surface area contributed by atoms with Crippen LogP contribution < -0.4 is 21.1 Å². The Morgan fingerprint density at radius 1 is 1.21 bits per heavy atom. The first-order valence-electron chi connectivity index (χ1n) is 13.6. The first-order valence-corrected chi connectivity index (χ1v) is 13.6. The van der Waals surface area contributed by atoms with E-state index < -0.39 is 5.60 Å². The molecule has 4 aromatic rings. The lowest BCUT2D eigenvalue weighted by Crippen LogP contribution is -2.43. The molecule has 1 fully saturated rings. The van der Waals surface area contributed by atoms with E-state index in [0.717, 1.165) is 43.9 Å². The van der Waals surface area contributed by atoms with Gasteiger partial charge in [0, 0.05) is 43.8 Å². The summed E-state index contributed by atoms with van der Waals surface area (Å²) in [6, 6.07) is 10.1. The van der Waals surface area contributed by atoms with Gasteiger partial charge in [-0.05, 0) is 61.6 Å². The number of nitrogens with zero attached hydrogens (tertiary/aromatic N) is 6. The van der Waals surface area contributed by atoms with Crippen molar-refractivity contribution >= 4 is 28.4 Å². The van der Waals surface area contributed by atoms with Crippen molar-refractivity contribution in [3.8, 4) is 5.82 Å². The molecule has 0 radical (unpaired) electrons. The van der Waals surface area contributed by atoms with Crippen molar-refractivity contribution in [3.63, 3.8) is 0 Å². The summed E-state index contributed by atoms with van der Waals surface area (Å²) in [6.45, 7) is 12.1. The van der Waals surface area contributed by atoms with Crippen molar-refractivity contribution in [3.05, 3.63) is 76.4 Å². The molecule has 1 unspecified atom stereocenters. The number of nitrogens with one attached hydrogen (secondary N) is 2. The topological polar surface area (TPSA) is 113 Å². The number of aromatic nitrogens is 5. The Hall–Kier alpha value is -4.02. The molecule has 1 saturated heterocycles. The van der Waals surface area contributed by atoms with Gasteiger partial charge in [-0.3, -0.25) is 4.79 Å². The summed E-state index contributed by atoms with van der Waals surface area (Å²) in [5.74, 6) is 0.907. The molecule has 0 spiro atoms. The van der Waals surface area contributed by atoms with Gasteiger partial charge in [0.25, 0.3) is 5.56 Å². The number of aryl methyl sites for hydroxylation is 2. The van der Waals surface area contributed by atoms with E-state index in [2.05, 4.69) is 46.2 Å². The lowest BCUT2D eigenvalue weighted by atomic mass is 9.98. The van der Waals surface area contributed by atoms with Crippen molar-refractivity contribution in [2.24, 2.45) is 0 Å². The predicted molar refractivity (Wildman–Crippen MR) is 153 cm³/mol. The number of allylic oxidation sites excluding steroid dienone is 1. The molecule has 1 aliphatic carbocycles. The molecule has 3 N–H and O–H groups in total. The van der Waals surface area contributed by atoms with Gasteiger partial charge in [0.05, 0.1) is 12.2 Å². The Morgan fingerprint density at radius 2 is 2.03 bits per heavy atom. The summed E-state index contributed by atoms with van der Waals surface area (Å²) in [7, 11) is 0. The zero-order chi connectivity index (χ0) is 27.1. The van der Waals surface area contributed by atoms with E-state index in [4.69, 9.17) is 9.97 Å². The highest BCUT2D eigenvalue weighted by Gasteiger charge is 2.37. The molecular weight excluding hydrogens is 492 g/mol. The standard InChI is InChI=1S/C29H34N8O2/c1-4-14-36-27(38)22-18-31-28(32-21-7-8-23(19(3)17-21)35-15-12-30-13-16-35)34-26(22)37(36)24-9-6-20-10-11-29(39,5-2)25(20)33-24/h4,6-9,17-18,30,39H,1,5,10-16H2,2-3H3,(H,31,32,34). The minimum absolute atomic E-state index is 0.222. The molecule has 0 saturated carbocycles. The van der Waals surface area contributed by atoms with Crippen LogP contribution in [0.4, 0.5) is 17.3 Å². The van der Waals surface area contributed by atoms with Crippen LogP contribution in [0, 0.1) is 6.92 Å². The molecule has 1 atom stereocenters. The summed E-state index contributed by atoms with van der Waals surface area (Å²) in [5, 5.41) is 18.2. The lowest BCUT2D eigenvalue weighted by Gasteiger charge is -2.30. The maximum Gasteiger partial charge on any atom is 0.278 e. The Morgan fingerprint density at radius 3 is 2.77 bits per heavy atom. The van der Waals surface area contributed by atoms with E-state index in [-0.39, 0.29) is 12.1 Å². The van der Waals surface area contributed by atoms with Gasteiger partial charge < -0.3 is 20.6 Å². The van der Waals surface area contributed by atoms with Crippen molar-refractivity contribution in [1.29, 1.82) is 0 Å². The normalized spacial score (nSPS) is 18.9. The van der Waals surface area contributed by atoms with Crippen LogP contribution in [0.1, 0.15) is 36.6 Å². The second-order valence-electron chi connectivity index (χ2n) is 10.3. The number of hydrogen-bond donors (Lipinski definition) is 3. The number of piperazine rings is 1. The molecule has 202 valence electrons. The van der Waals surface area contributed by atoms with Gasteiger partial charge in [-0.25, -0.2) is 19.3 Å². The van der Waals surface area contributed by atoms with Gasteiger partial charge in [0.1, 0.15) is 11.0 Å². The number of aliphatic hydroxyl groups is 1. The molecule has 4 heterocycles. The van der Waals surface area contributed by atoms with Gasteiger partial charge in [-0.15, -0.1) is 6.58 Å². The lowest BCUT2D eigenvalue weighted by molar-refractivity contribution is 0.0306. The summed E-state index contributed by atoms with van der Waals surface area (Å²) in [5.41, 5.74) is 4.23. The Bertz CT molecular complexity index is 1620. The summed E-state index contributed by atoms with van der Waals surface area (Å²) < 4.78 is 3.26. The molecule has 3 aromatic heterocycles. The molecular formula is C29H34N8O2. The molecule has 6 rings (SSSR count). The minimum Gasteiger partial charge on any atom is -0.384 e. The molecule has 39 heavy (non-hydrogen) atoms. The van der Waals surface area contributed by atoms with Gasteiger partial charge in [0.2, 0.25) is 5.95 Å². The molecule has 2 aliphatic rings. The monoisotopic (exact) mass is 526 g/mol. The largest absolute Gasteiger partial charge is 0.384 e. The summed E-state index contributed by atoms with van der Waals surface area (Å²) in [4.78, 5) is 29.8. The Kier molecular flexibility index (Phi) is 6.44. The fourth-order valence-electron chi connectivity index (χ4n) is 5.74. The maximum absolute atomic E-state index is 13.3. The van der Waals surface area contributed by atoms with E-state index >= 15 is 0 Å². The molecule has 0 amide bonds. The average Bonchev–Trinajstić information content (AvgIpc) is 3.43. The Balaban J connectivity index is 1.40. The van der Waals surface area contributed by atoms with Crippen molar-refractivity contribution in [1.82, 2.24) is 29.6 Å². The Labute approximate surface area is 227 Å². The van der Waals surface area contributed by atoms with Crippen LogP contribution in [0.2, 0.25) is 0 Å². The summed E-state index contributed by atoms with van der Waals surface area (Å²) in [6.07, 6.45) is 5.22. The first-order chi connectivity index (χ1) is 18.9. The second kappa shape index (κ2) is 9.94. The van der Waals surface area contributed by atoms with Crippen LogP contribution in [0.5, 0.6) is 0 Å². The zero-order valence-corrected chi connectivity index (χ0v) is 22.4. The predicted octanol–water partition coefficient (Wildman–Crippen LogP) is 3.17. The SMILES string of the molecule is C=CCn1c(=O)c2cnc(Nc3ccc(N4CCNCC4)c(C)c3)nc2n1-c1ccc2c(n1)C(O)(CC)CC2. The molecule has 10 heteroatoms. The van der Waals surface area contributed by atoms with Crippen molar-refractivity contribution in [2.45, 2.75) is 45.3 Å². The van der Waals surface area contributed by atoms with E-state index in [9.17, 15) is 9.90 Å². The minimum atomic E-state index is -0.964. The van der Waals surface area contributed by atoms with Crippen LogP contribution >= 0.6 is 0 Å². The van der Waals surface area contributed by atoms with Crippen LogP contribution in [-0.4, -0.2) is 55.6 Å². The smallest absolute Gasteiger partial charge is 0.278 e. The van der Waals surface area contributed by atoms with Gasteiger partial charge in [0.15, 0.2) is 11.5 Å². The van der Waals surface area contributed by atoms with Crippen LogP contribution in [0.3, 0.4) is 0 Å². The second-order valence-corrected chi connectivity index (χ2v) is 10.3. The van der Waals surface area contributed by atoms with E-state index in [1.165, 1.54) is 11.3 Å². The third-order valence-electron chi connectivity index (χ3n) is 7.90. The van der Waals surface area contributed by atoms with Crippen LogP contribution in [0.25, 0.3) is 16.9 Å². The van der Waals surface area contributed by atoms with Crippen molar-refractivity contribution in [2.75, 3.05) is 36.4 Å². The van der Waals surface area contributed by atoms with Crippen molar-refractivity contribution < 1.29 is 5.11 Å². The van der Waals surface area contributed by atoms with E-state index in [1.807, 2.05) is 25.1 Å². The van der Waals surface area contributed by atoms with Gasteiger partial charge in [-0.2, -0.15) is 4.98 Å². The number of fused-ring (bicyclic) bond motifs is 2. The average molecular weight is 527 g/mol. The third kappa shape index (κ3) is 4.39. The van der Waals surface area contributed by atoms with E-state index in [0.29, 0.717) is 41.3 Å². The molecule has 0 bridgehead atoms. The highest BCUT2D eigenvalue weighted by Crippen LogP contribution is 2.38. The number of hydrogen-bond acceptors (Lipinski definition) is 8. The quantitative estimate of drug-likeness (QED) is 0.315. The first kappa shape index (κ1) is 25.3. The fraction of sp³-hybridized carbons (Fsp3) is 0.379. The number of anilines is 3. The number of pyridine rings is 1. The highest BCUT2D eigenvalue weighted by molar-refractivity contribution is 5.77. The third-order valence-corrected chi connectivity index (χ3v) is 7.90. The molecule has 1 aliphatic heterocycles. The summed E-state index contributed by atoms with van der Waals surface area (Å²) >= 11 is 0. The van der Waals surface area contributed by atoms with Crippen LogP contribution in [-0.2, 0) is 18.6 Å². The highest BCUT2D eigenvalue weighted by atomic mass is 16.3. The molecule has 10 nitrogen and oxygen atoms in total.